The second kappa shape index (κ2) is 5.64. The molecule has 112 valence electrons. The number of benzene rings is 1. The van der Waals surface area contributed by atoms with Crippen molar-refractivity contribution in [3.05, 3.63) is 47.5 Å². The summed E-state index contributed by atoms with van der Waals surface area (Å²) in [5.41, 5.74) is 2.58. The van der Waals surface area contributed by atoms with E-state index in [0.717, 1.165) is 12.8 Å². The number of rotatable bonds is 3. The van der Waals surface area contributed by atoms with Gasteiger partial charge in [0.05, 0.1) is 19.3 Å². The van der Waals surface area contributed by atoms with Crippen molar-refractivity contribution >= 4 is 5.97 Å². The third-order valence-corrected chi connectivity index (χ3v) is 4.74. The van der Waals surface area contributed by atoms with Gasteiger partial charge in [-0.05, 0) is 25.3 Å². The summed E-state index contributed by atoms with van der Waals surface area (Å²) in [5.74, 6) is 0.169. The molecule has 1 saturated heterocycles. The third-order valence-electron chi connectivity index (χ3n) is 4.74. The first-order chi connectivity index (χ1) is 10.1. The molecule has 2 bridgehead atoms. The van der Waals surface area contributed by atoms with Crippen LogP contribution in [0.4, 0.5) is 0 Å². The predicted molar refractivity (Wildman–Crippen MR) is 80.7 cm³/mol. The number of fused-ring (bicyclic) bond motifs is 2. The molecule has 1 aromatic rings. The maximum Gasteiger partial charge on any atom is 0.302 e. The number of hydrogen-bond acceptors (Lipinski definition) is 3. The van der Waals surface area contributed by atoms with Gasteiger partial charge in [-0.25, -0.2) is 0 Å². The standard InChI is InChI=1S/C18H22O3/c1-13-8-9-18(11-20-14(2)19)10-16(13)17(21-12-18)15-6-4-3-5-7-15/h3-8,16-17H,9-12H2,1-2H3/t16-,17+,18-/m1/s1. The van der Waals surface area contributed by atoms with Crippen LogP contribution < -0.4 is 0 Å². The highest BCUT2D eigenvalue weighted by atomic mass is 16.5. The summed E-state index contributed by atoms with van der Waals surface area (Å²) in [7, 11) is 0. The van der Waals surface area contributed by atoms with Crippen molar-refractivity contribution in [2.45, 2.75) is 32.8 Å². The summed E-state index contributed by atoms with van der Waals surface area (Å²) < 4.78 is 11.5. The summed E-state index contributed by atoms with van der Waals surface area (Å²) in [4.78, 5) is 11.1. The smallest absolute Gasteiger partial charge is 0.302 e. The summed E-state index contributed by atoms with van der Waals surface area (Å²) in [5, 5.41) is 0. The first-order valence-electron chi connectivity index (χ1n) is 7.56. The fraction of sp³-hybridized carbons (Fsp3) is 0.500. The lowest BCUT2D eigenvalue weighted by Crippen LogP contribution is -2.44. The van der Waals surface area contributed by atoms with Crippen molar-refractivity contribution in [1.82, 2.24) is 0 Å². The maximum absolute atomic E-state index is 11.1. The molecule has 0 radical (unpaired) electrons. The van der Waals surface area contributed by atoms with Crippen molar-refractivity contribution in [2.24, 2.45) is 11.3 Å². The average molecular weight is 286 g/mol. The van der Waals surface area contributed by atoms with Gasteiger partial charge in [0, 0.05) is 18.3 Å². The van der Waals surface area contributed by atoms with Crippen LogP contribution in [0.3, 0.4) is 0 Å². The van der Waals surface area contributed by atoms with Gasteiger partial charge in [0.25, 0.3) is 0 Å². The zero-order chi connectivity index (χ0) is 14.9. The number of ether oxygens (including phenoxy) is 2. The van der Waals surface area contributed by atoms with Gasteiger partial charge in [0.15, 0.2) is 0 Å². The molecule has 0 saturated carbocycles. The van der Waals surface area contributed by atoms with E-state index in [-0.39, 0.29) is 17.5 Å². The van der Waals surface area contributed by atoms with Gasteiger partial charge >= 0.3 is 5.97 Å². The molecule has 21 heavy (non-hydrogen) atoms. The Morgan fingerprint density at radius 2 is 2.14 bits per heavy atom. The van der Waals surface area contributed by atoms with Gasteiger partial charge in [0.2, 0.25) is 0 Å². The average Bonchev–Trinajstić information content (AvgIpc) is 2.51. The second-order valence-electron chi connectivity index (χ2n) is 6.39. The van der Waals surface area contributed by atoms with E-state index in [1.807, 2.05) is 6.07 Å². The van der Waals surface area contributed by atoms with Gasteiger partial charge in [-0.2, -0.15) is 0 Å². The van der Waals surface area contributed by atoms with Crippen LogP contribution in [0.15, 0.2) is 42.0 Å². The van der Waals surface area contributed by atoms with Crippen molar-refractivity contribution in [1.29, 1.82) is 0 Å². The van der Waals surface area contributed by atoms with E-state index in [0.29, 0.717) is 19.1 Å². The minimum absolute atomic E-state index is 0.0405. The molecule has 0 amide bonds. The van der Waals surface area contributed by atoms with E-state index in [9.17, 15) is 4.79 Å². The molecule has 0 spiro atoms. The minimum atomic E-state index is -0.211. The van der Waals surface area contributed by atoms with Gasteiger partial charge in [-0.1, -0.05) is 42.0 Å². The number of carbonyl (C=O) groups is 1. The van der Waals surface area contributed by atoms with Gasteiger partial charge in [0.1, 0.15) is 0 Å². The highest BCUT2D eigenvalue weighted by Gasteiger charge is 2.45. The first kappa shape index (κ1) is 14.3. The first-order valence-corrected chi connectivity index (χ1v) is 7.56. The van der Waals surface area contributed by atoms with E-state index in [1.165, 1.54) is 18.1 Å². The Morgan fingerprint density at radius 3 is 2.86 bits per heavy atom. The van der Waals surface area contributed by atoms with Crippen LogP contribution in [0.5, 0.6) is 0 Å². The monoisotopic (exact) mass is 286 g/mol. The summed E-state index contributed by atoms with van der Waals surface area (Å²) in [6, 6.07) is 10.4. The Kier molecular flexibility index (Phi) is 3.85. The van der Waals surface area contributed by atoms with E-state index >= 15 is 0 Å². The number of esters is 1. The van der Waals surface area contributed by atoms with Crippen LogP contribution in [0, 0.1) is 11.3 Å². The van der Waals surface area contributed by atoms with E-state index < -0.39 is 0 Å². The molecule has 3 rings (SSSR count). The molecular weight excluding hydrogens is 264 g/mol. The fourth-order valence-electron chi connectivity index (χ4n) is 3.47. The zero-order valence-electron chi connectivity index (χ0n) is 12.7. The molecular formula is C18H22O3. The SMILES string of the molecule is CC(=O)OC[C@@]12CC=C(C)[C@@H](C1)[C@H](c1ccccc1)OC2. The minimum Gasteiger partial charge on any atom is -0.465 e. The Bertz CT molecular complexity index is 549. The van der Waals surface area contributed by atoms with Crippen LogP contribution in [0.25, 0.3) is 0 Å². The van der Waals surface area contributed by atoms with E-state index in [4.69, 9.17) is 9.47 Å². The Balaban J connectivity index is 1.81. The Hall–Kier alpha value is -1.61. The quantitative estimate of drug-likeness (QED) is 0.628. The maximum atomic E-state index is 11.1. The molecule has 3 atom stereocenters. The second-order valence-corrected chi connectivity index (χ2v) is 6.39. The van der Waals surface area contributed by atoms with Crippen LogP contribution in [-0.2, 0) is 14.3 Å². The highest BCUT2D eigenvalue weighted by Crippen LogP contribution is 2.50. The largest absolute Gasteiger partial charge is 0.465 e. The Morgan fingerprint density at radius 1 is 1.38 bits per heavy atom. The summed E-state index contributed by atoms with van der Waals surface area (Å²) in [6.07, 6.45) is 4.38. The zero-order valence-corrected chi connectivity index (χ0v) is 12.7. The van der Waals surface area contributed by atoms with Crippen molar-refractivity contribution < 1.29 is 14.3 Å². The van der Waals surface area contributed by atoms with E-state index in [1.54, 1.807) is 0 Å². The molecule has 1 aliphatic carbocycles. The molecule has 1 aromatic carbocycles. The molecule has 3 nitrogen and oxygen atoms in total. The van der Waals surface area contributed by atoms with Crippen molar-refractivity contribution in [2.75, 3.05) is 13.2 Å². The molecule has 1 fully saturated rings. The molecule has 1 aliphatic heterocycles. The number of hydrogen-bond donors (Lipinski definition) is 0. The lowest BCUT2D eigenvalue weighted by Gasteiger charge is -2.47. The van der Waals surface area contributed by atoms with Gasteiger partial charge in [-0.15, -0.1) is 0 Å². The van der Waals surface area contributed by atoms with E-state index in [2.05, 4.69) is 37.3 Å². The number of allylic oxidation sites excluding steroid dienone is 1. The van der Waals surface area contributed by atoms with Crippen LogP contribution in [-0.4, -0.2) is 19.2 Å². The molecule has 0 aromatic heterocycles. The Labute approximate surface area is 125 Å². The third kappa shape index (κ3) is 2.88. The molecule has 0 unspecified atom stereocenters. The van der Waals surface area contributed by atoms with Crippen LogP contribution in [0.2, 0.25) is 0 Å². The van der Waals surface area contributed by atoms with Crippen LogP contribution in [0.1, 0.15) is 38.4 Å². The normalized spacial score (nSPS) is 31.4. The molecule has 1 heterocycles. The summed E-state index contributed by atoms with van der Waals surface area (Å²) >= 11 is 0. The fourth-order valence-corrected chi connectivity index (χ4v) is 3.47. The molecule has 2 aliphatic rings. The van der Waals surface area contributed by atoms with Gasteiger partial charge < -0.3 is 9.47 Å². The molecule has 0 N–H and O–H groups in total. The topological polar surface area (TPSA) is 35.5 Å². The van der Waals surface area contributed by atoms with Crippen molar-refractivity contribution in [3.8, 4) is 0 Å². The molecule has 3 heteroatoms. The van der Waals surface area contributed by atoms with Crippen LogP contribution >= 0.6 is 0 Å². The van der Waals surface area contributed by atoms with Gasteiger partial charge in [-0.3, -0.25) is 4.79 Å². The van der Waals surface area contributed by atoms with Crippen molar-refractivity contribution in [3.63, 3.8) is 0 Å². The predicted octanol–water partition coefficient (Wildman–Crippen LogP) is 3.66. The summed E-state index contributed by atoms with van der Waals surface area (Å²) in [6.45, 7) is 4.77. The lowest BCUT2D eigenvalue weighted by molar-refractivity contribution is -0.156. The lowest BCUT2D eigenvalue weighted by atomic mass is 9.67. The highest BCUT2D eigenvalue weighted by molar-refractivity contribution is 5.65. The number of carbonyl (C=O) groups excluding carboxylic acids is 1.